The number of nitrogens with one attached hydrogen (secondary N) is 3. The smallest absolute Gasteiger partial charge is 0.275 e. The molecular weight excluding hydrogens is 304 g/mol. The van der Waals surface area contributed by atoms with Crippen molar-refractivity contribution in [2.75, 3.05) is 31.5 Å². The molecular formula is C16H22F2N3O2+. The van der Waals surface area contributed by atoms with Gasteiger partial charge in [0.05, 0.1) is 19.6 Å². The maximum atomic E-state index is 13.0. The van der Waals surface area contributed by atoms with E-state index in [0.717, 1.165) is 31.6 Å². The number of piperidine rings is 1. The maximum absolute atomic E-state index is 13.0. The van der Waals surface area contributed by atoms with Crippen LogP contribution in [0, 0.1) is 17.6 Å². The molecule has 0 saturated carbocycles. The zero-order chi connectivity index (χ0) is 16.8. The van der Waals surface area contributed by atoms with E-state index in [1.165, 1.54) is 17.4 Å². The molecule has 1 aliphatic heterocycles. The molecule has 0 radical (unpaired) electrons. The standard InChI is InChI=1S/C16H21F2N3O2/c1-11-3-2-6-21(9-11)10-16(23)19-8-15(22)20-12-4-5-13(17)14(18)7-12/h4-5,7,11H,2-3,6,8-10H2,1H3,(H,19,23)(H,20,22)/p+1/t11-/m0/s1. The Hall–Kier alpha value is -2.02. The number of hydrogen-bond donors (Lipinski definition) is 3. The number of amides is 2. The quantitative estimate of drug-likeness (QED) is 0.730. The molecule has 1 aliphatic rings. The van der Waals surface area contributed by atoms with Gasteiger partial charge in [-0.2, -0.15) is 0 Å². The molecule has 1 aromatic rings. The lowest BCUT2D eigenvalue weighted by Crippen LogP contribution is -3.14. The zero-order valence-electron chi connectivity index (χ0n) is 13.1. The molecule has 3 N–H and O–H groups in total. The Morgan fingerprint density at radius 2 is 2.04 bits per heavy atom. The van der Waals surface area contributed by atoms with Crippen LogP contribution in [0.2, 0.25) is 0 Å². The van der Waals surface area contributed by atoms with E-state index in [1.54, 1.807) is 0 Å². The van der Waals surface area contributed by atoms with Crippen LogP contribution in [0.1, 0.15) is 19.8 Å². The molecule has 2 amide bonds. The zero-order valence-corrected chi connectivity index (χ0v) is 13.1. The molecule has 1 fully saturated rings. The Kier molecular flexibility index (Phi) is 6.04. The lowest BCUT2D eigenvalue weighted by molar-refractivity contribution is -0.900. The molecule has 1 unspecified atom stereocenters. The number of hydrogen-bond acceptors (Lipinski definition) is 2. The van der Waals surface area contributed by atoms with Gasteiger partial charge in [0.2, 0.25) is 5.91 Å². The molecule has 5 nitrogen and oxygen atoms in total. The van der Waals surface area contributed by atoms with Crippen molar-refractivity contribution >= 4 is 17.5 Å². The number of likely N-dealkylation sites (tertiary alicyclic amines) is 1. The lowest BCUT2D eigenvalue weighted by Gasteiger charge is -2.27. The molecule has 2 rings (SSSR count). The van der Waals surface area contributed by atoms with Gasteiger partial charge in [-0.25, -0.2) is 8.78 Å². The summed E-state index contributed by atoms with van der Waals surface area (Å²) in [5, 5.41) is 4.96. The molecule has 0 spiro atoms. The summed E-state index contributed by atoms with van der Waals surface area (Å²) in [6.07, 6.45) is 2.31. The summed E-state index contributed by atoms with van der Waals surface area (Å²) in [6, 6.07) is 3.09. The van der Waals surface area contributed by atoms with E-state index in [0.29, 0.717) is 12.5 Å². The minimum absolute atomic E-state index is 0.152. The average Bonchev–Trinajstić information content (AvgIpc) is 2.49. The molecule has 7 heteroatoms. The molecule has 126 valence electrons. The minimum Gasteiger partial charge on any atom is -0.342 e. The predicted octanol–water partition coefficient (Wildman–Crippen LogP) is 0.334. The van der Waals surface area contributed by atoms with Crippen molar-refractivity contribution in [3.8, 4) is 0 Å². The van der Waals surface area contributed by atoms with Gasteiger partial charge in [0.1, 0.15) is 0 Å². The van der Waals surface area contributed by atoms with Crippen LogP contribution in [-0.4, -0.2) is 38.0 Å². The van der Waals surface area contributed by atoms with Crippen LogP contribution in [0.5, 0.6) is 0 Å². The highest BCUT2D eigenvalue weighted by Crippen LogP contribution is 2.12. The van der Waals surface area contributed by atoms with Crippen LogP contribution in [0.4, 0.5) is 14.5 Å². The van der Waals surface area contributed by atoms with E-state index in [9.17, 15) is 18.4 Å². The van der Waals surface area contributed by atoms with Crippen molar-refractivity contribution < 1.29 is 23.3 Å². The van der Waals surface area contributed by atoms with Gasteiger partial charge < -0.3 is 15.5 Å². The predicted molar refractivity (Wildman–Crippen MR) is 82.0 cm³/mol. The van der Waals surface area contributed by atoms with Crippen LogP contribution < -0.4 is 15.5 Å². The van der Waals surface area contributed by atoms with Crippen molar-refractivity contribution in [1.82, 2.24) is 5.32 Å². The fraction of sp³-hybridized carbons (Fsp3) is 0.500. The van der Waals surface area contributed by atoms with E-state index >= 15 is 0 Å². The number of carbonyl (C=O) groups excluding carboxylic acids is 2. The van der Waals surface area contributed by atoms with E-state index in [4.69, 9.17) is 0 Å². The van der Waals surface area contributed by atoms with Crippen molar-refractivity contribution in [3.63, 3.8) is 0 Å². The third-order valence-electron chi connectivity index (χ3n) is 3.92. The molecule has 1 heterocycles. The molecule has 1 saturated heterocycles. The van der Waals surface area contributed by atoms with Gasteiger partial charge in [-0.15, -0.1) is 0 Å². The first-order chi connectivity index (χ1) is 10.9. The SMILES string of the molecule is C[C@H]1CCC[NH+](CC(=O)NCC(=O)Nc2ccc(F)c(F)c2)C1. The van der Waals surface area contributed by atoms with Gasteiger partial charge in [-0.05, 0) is 25.0 Å². The maximum Gasteiger partial charge on any atom is 0.275 e. The number of benzene rings is 1. The number of anilines is 1. The van der Waals surface area contributed by atoms with Crippen LogP contribution in [0.15, 0.2) is 18.2 Å². The van der Waals surface area contributed by atoms with Gasteiger partial charge >= 0.3 is 0 Å². The van der Waals surface area contributed by atoms with Crippen LogP contribution >= 0.6 is 0 Å². The van der Waals surface area contributed by atoms with Gasteiger partial charge in [0.15, 0.2) is 18.2 Å². The number of halogens is 2. The fourth-order valence-corrected chi connectivity index (χ4v) is 2.81. The molecule has 2 atom stereocenters. The number of carbonyl (C=O) groups is 2. The van der Waals surface area contributed by atoms with E-state index in [1.807, 2.05) is 0 Å². The largest absolute Gasteiger partial charge is 0.342 e. The topological polar surface area (TPSA) is 62.6 Å². The summed E-state index contributed by atoms with van der Waals surface area (Å²) in [6.45, 7) is 4.27. The first-order valence-corrected chi connectivity index (χ1v) is 7.79. The van der Waals surface area contributed by atoms with Gasteiger partial charge in [0, 0.05) is 17.7 Å². The van der Waals surface area contributed by atoms with E-state index in [-0.39, 0.29) is 18.1 Å². The summed E-state index contributed by atoms with van der Waals surface area (Å²) in [4.78, 5) is 24.8. The van der Waals surface area contributed by atoms with Gasteiger partial charge in [-0.1, -0.05) is 6.92 Å². The second kappa shape index (κ2) is 8.01. The number of rotatable bonds is 5. The first kappa shape index (κ1) is 17.3. The molecule has 23 heavy (non-hydrogen) atoms. The summed E-state index contributed by atoms with van der Waals surface area (Å²) >= 11 is 0. The summed E-state index contributed by atoms with van der Waals surface area (Å²) in [5.74, 6) is -2.06. The highest BCUT2D eigenvalue weighted by Gasteiger charge is 2.22. The second-order valence-corrected chi connectivity index (χ2v) is 6.08. The average molecular weight is 326 g/mol. The van der Waals surface area contributed by atoms with Crippen molar-refractivity contribution in [2.24, 2.45) is 5.92 Å². The Balaban J connectivity index is 1.73. The highest BCUT2D eigenvalue weighted by atomic mass is 19.2. The summed E-state index contributed by atoms with van der Waals surface area (Å²) < 4.78 is 25.8. The van der Waals surface area contributed by atoms with E-state index in [2.05, 4.69) is 17.6 Å². The molecule has 0 aromatic heterocycles. The Morgan fingerprint density at radius 1 is 1.26 bits per heavy atom. The lowest BCUT2D eigenvalue weighted by atomic mass is 10.0. The third-order valence-corrected chi connectivity index (χ3v) is 3.92. The van der Waals surface area contributed by atoms with Crippen molar-refractivity contribution in [1.29, 1.82) is 0 Å². The third kappa shape index (κ3) is 5.59. The van der Waals surface area contributed by atoms with Crippen LogP contribution in [-0.2, 0) is 9.59 Å². The second-order valence-electron chi connectivity index (χ2n) is 6.08. The van der Waals surface area contributed by atoms with Gasteiger partial charge in [0.25, 0.3) is 5.91 Å². The Bertz CT molecular complexity index is 580. The molecule has 0 aliphatic carbocycles. The van der Waals surface area contributed by atoms with Gasteiger partial charge in [-0.3, -0.25) is 9.59 Å². The van der Waals surface area contributed by atoms with Crippen LogP contribution in [0.3, 0.4) is 0 Å². The van der Waals surface area contributed by atoms with E-state index < -0.39 is 17.5 Å². The Labute approximate surface area is 134 Å². The van der Waals surface area contributed by atoms with Crippen molar-refractivity contribution in [3.05, 3.63) is 29.8 Å². The normalized spacial score (nSPS) is 20.8. The minimum atomic E-state index is -1.03. The van der Waals surface area contributed by atoms with Crippen molar-refractivity contribution in [2.45, 2.75) is 19.8 Å². The first-order valence-electron chi connectivity index (χ1n) is 7.79. The molecule has 0 bridgehead atoms. The highest BCUT2D eigenvalue weighted by molar-refractivity contribution is 5.94. The summed E-state index contributed by atoms with van der Waals surface area (Å²) in [7, 11) is 0. The monoisotopic (exact) mass is 326 g/mol. The van der Waals surface area contributed by atoms with Crippen LogP contribution in [0.25, 0.3) is 0 Å². The number of quaternary nitrogens is 1. The summed E-state index contributed by atoms with van der Waals surface area (Å²) in [5.41, 5.74) is 0.152. The fourth-order valence-electron chi connectivity index (χ4n) is 2.81. The Morgan fingerprint density at radius 3 is 2.74 bits per heavy atom. The molecule has 1 aromatic carbocycles.